The molecule has 0 unspecified atom stereocenters. The van der Waals surface area contributed by atoms with Gasteiger partial charge in [-0.3, -0.25) is 9.59 Å². The van der Waals surface area contributed by atoms with E-state index in [-0.39, 0.29) is 11.5 Å². The molecule has 1 aromatic heterocycles. The van der Waals surface area contributed by atoms with Gasteiger partial charge in [-0.2, -0.15) is 0 Å². The van der Waals surface area contributed by atoms with Crippen molar-refractivity contribution in [3.05, 3.63) is 70.1 Å². The SMILES string of the molecule is O=C(c1cc[nH]c(=O)c1)N(Cc1ccccc1)C1CC1. The molecule has 0 bridgehead atoms. The lowest BCUT2D eigenvalue weighted by atomic mass is 10.1. The first-order valence-corrected chi connectivity index (χ1v) is 6.78. The lowest BCUT2D eigenvalue weighted by molar-refractivity contribution is 0.0729. The zero-order valence-corrected chi connectivity index (χ0v) is 11.1. The summed E-state index contributed by atoms with van der Waals surface area (Å²) in [5.74, 6) is -0.0672. The van der Waals surface area contributed by atoms with Crippen LogP contribution >= 0.6 is 0 Å². The van der Waals surface area contributed by atoms with Crippen LogP contribution in [0.15, 0.2) is 53.5 Å². The number of benzene rings is 1. The molecule has 1 fully saturated rings. The van der Waals surface area contributed by atoms with Gasteiger partial charge in [0.25, 0.3) is 5.91 Å². The maximum absolute atomic E-state index is 12.6. The van der Waals surface area contributed by atoms with E-state index in [1.807, 2.05) is 35.2 Å². The van der Waals surface area contributed by atoms with Gasteiger partial charge < -0.3 is 9.88 Å². The van der Waals surface area contributed by atoms with E-state index in [9.17, 15) is 9.59 Å². The van der Waals surface area contributed by atoms with E-state index in [1.165, 1.54) is 12.3 Å². The van der Waals surface area contributed by atoms with Crippen LogP contribution in [0.3, 0.4) is 0 Å². The van der Waals surface area contributed by atoms with Crippen molar-refractivity contribution in [1.82, 2.24) is 9.88 Å². The summed E-state index contributed by atoms with van der Waals surface area (Å²) < 4.78 is 0. The van der Waals surface area contributed by atoms with Crippen molar-refractivity contribution in [2.75, 3.05) is 0 Å². The van der Waals surface area contributed by atoms with E-state index in [2.05, 4.69) is 4.98 Å². The molecule has 102 valence electrons. The molecule has 1 amide bonds. The Bertz CT molecular complexity index is 659. The van der Waals surface area contributed by atoms with E-state index < -0.39 is 0 Å². The number of nitrogens with one attached hydrogen (secondary N) is 1. The average Bonchev–Trinajstić information content (AvgIpc) is 3.30. The second-order valence-electron chi connectivity index (χ2n) is 5.09. The van der Waals surface area contributed by atoms with Gasteiger partial charge >= 0.3 is 0 Å². The molecule has 0 aliphatic heterocycles. The van der Waals surface area contributed by atoms with Crippen molar-refractivity contribution in [3.63, 3.8) is 0 Å². The number of hydrogen-bond acceptors (Lipinski definition) is 2. The smallest absolute Gasteiger partial charge is 0.254 e. The Kier molecular flexibility index (Phi) is 3.37. The topological polar surface area (TPSA) is 53.2 Å². The molecule has 0 spiro atoms. The van der Waals surface area contributed by atoms with Crippen molar-refractivity contribution in [2.45, 2.75) is 25.4 Å². The molecule has 1 aromatic carbocycles. The van der Waals surface area contributed by atoms with Crippen LogP contribution in [0.4, 0.5) is 0 Å². The summed E-state index contributed by atoms with van der Waals surface area (Å²) in [4.78, 5) is 28.3. The molecular weight excluding hydrogens is 252 g/mol. The summed E-state index contributed by atoms with van der Waals surface area (Å²) in [5.41, 5.74) is 1.32. The van der Waals surface area contributed by atoms with Crippen molar-refractivity contribution in [1.29, 1.82) is 0 Å². The van der Waals surface area contributed by atoms with Gasteiger partial charge in [-0.25, -0.2) is 0 Å². The van der Waals surface area contributed by atoms with Gasteiger partial charge in [-0.15, -0.1) is 0 Å². The van der Waals surface area contributed by atoms with Gasteiger partial charge in [0.1, 0.15) is 0 Å². The minimum atomic E-state index is -0.244. The summed E-state index contributed by atoms with van der Waals surface area (Å²) in [6.45, 7) is 0.594. The first-order valence-electron chi connectivity index (χ1n) is 6.78. The molecule has 2 aromatic rings. The third-order valence-electron chi connectivity index (χ3n) is 3.47. The van der Waals surface area contributed by atoms with Crippen molar-refractivity contribution in [2.24, 2.45) is 0 Å². The van der Waals surface area contributed by atoms with Gasteiger partial charge in [0.2, 0.25) is 5.56 Å². The fraction of sp³-hybridized carbons (Fsp3) is 0.250. The number of rotatable bonds is 4. The molecule has 1 N–H and O–H groups in total. The van der Waals surface area contributed by atoms with E-state index >= 15 is 0 Å². The Balaban J connectivity index is 1.84. The molecule has 1 heterocycles. The van der Waals surface area contributed by atoms with Crippen LogP contribution in [-0.2, 0) is 6.54 Å². The first-order chi connectivity index (χ1) is 9.74. The minimum absolute atomic E-state index is 0.0672. The van der Waals surface area contributed by atoms with E-state index in [4.69, 9.17) is 0 Å². The highest BCUT2D eigenvalue weighted by atomic mass is 16.2. The highest BCUT2D eigenvalue weighted by Gasteiger charge is 2.33. The van der Waals surface area contributed by atoms with Crippen LogP contribution in [0, 0.1) is 0 Å². The Hall–Kier alpha value is -2.36. The number of hydrogen-bond donors (Lipinski definition) is 1. The normalized spacial score (nSPS) is 14.0. The van der Waals surface area contributed by atoms with Crippen LogP contribution < -0.4 is 5.56 Å². The molecule has 0 saturated heterocycles. The second-order valence-corrected chi connectivity index (χ2v) is 5.09. The van der Waals surface area contributed by atoms with Gasteiger partial charge in [-0.05, 0) is 24.5 Å². The maximum Gasteiger partial charge on any atom is 0.254 e. The van der Waals surface area contributed by atoms with Gasteiger partial charge in [0, 0.05) is 30.4 Å². The second kappa shape index (κ2) is 5.33. The number of aromatic amines is 1. The Labute approximate surface area is 117 Å². The monoisotopic (exact) mass is 268 g/mol. The first kappa shape index (κ1) is 12.7. The summed E-state index contributed by atoms with van der Waals surface area (Å²) >= 11 is 0. The van der Waals surface area contributed by atoms with Gasteiger partial charge in [0.05, 0.1) is 0 Å². The largest absolute Gasteiger partial charge is 0.331 e. The summed E-state index contributed by atoms with van der Waals surface area (Å²) in [6, 6.07) is 13.3. The summed E-state index contributed by atoms with van der Waals surface area (Å²) in [7, 11) is 0. The number of carbonyl (C=O) groups excluding carboxylic acids is 1. The summed E-state index contributed by atoms with van der Waals surface area (Å²) in [6.07, 6.45) is 3.60. The molecule has 0 radical (unpaired) electrons. The minimum Gasteiger partial charge on any atom is -0.331 e. The van der Waals surface area contributed by atoms with Crippen molar-refractivity contribution < 1.29 is 4.79 Å². The number of H-pyrrole nitrogens is 1. The maximum atomic E-state index is 12.6. The van der Waals surface area contributed by atoms with E-state index in [0.717, 1.165) is 18.4 Å². The Morgan fingerprint density at radius 3 is 2.60 bits per heavy atom. The van der Waals surface area contributed by atoms with Crippen molar-refractivity contribution in [3.8, 4) is 0 Å². The fourth-order valence-electron chi connectivity index (χ4n) is 2.28. The molecule has 1 aliphatic rings. The van der Waals surface area contributed by atoms with Gasteiger partial charge in [0.15, 0.2) is 0 Å². The Morgan fingerprint density at radius 1 is 1.20 bits per heavy atom. The highest BCUT2D eigenvalue weighted by molar-refractivity contribution is 5.94. The number of carbonyl (C=O) groups is 1. The van der Waals surface area contributed by atoms with E-state index in [1.54, 1.807) is 6.07 Å². The van der Waals surface area contributed by atoms with Crippen LogP contribution in [0.2, 0.25) is 0 Å². The lowest BCUT2D eigenvalue weighted by Gasteiger charge is -2.22. The molecule has 4 heteroatoms. The quantitative estimate of drug-likeness (QED) is 0.924. The standard InChI is InChI=1S/C16H16N2O2/c19-15-10-13(8-9-17-15)16(20)18(14-6-7-14)11-12-4-2-1-3-5-12/h1-5,8-10,14H,6-7,11H2,(H,17,19). The molecule has 1 saturated carbocycles. The summed E-state index contributed by atoms with van der Waals surface area (Å²) in [5, 5.41) is 0. The number of pyridine rings is 1. The molecule has 3 rings (SSSR count). The zero-order valence-electron chi connectivity index (χ0n) is 11.1. The van der Waals surface area contributed by atoms with Crippen LogP contribution in [0.1, 0.15) is 28.8 Å². The van der Waals surface area contributed by atoms with Crippen molar-refractivity contribution >= 4 is 5.91 Å². The molecule has 20 heavy (non-hydrogen) atoms. The predicted octanol–water partition coefficient (Wildman–Crippen LogP) is 2.18. The zero-order chi connectivity index (χ0) is 13.9. The van der Waals surface area contributed by atoms with Crippen LogP contribution in [0.25, 0.3) is 0 Å². The number of aromatic nitrogens is 1. The number of amides is 1. The molecule has 1 aliphatic carbocycles. The third kappa shape index (κ3) is 2.79. The predicted molar refractivity (Wildman–Crippen MR) is 76.4 cm³/mol. The molecule has 4 nitrogen and oxygen atoms in total. The van der Waals surface area contributed by atoms with Gasteiger partial charge in [-0.1, -0.05) is 30.3 Å². The molecule has 0 atom stereocenters. The third-order valence-corrected chi connectivity index (χ3v) is 3.47. The lowest BCUT2D eigenvalue weighted by Crippen LogP contribution is -2.33. The number of nitrogens with zero attached hydrogens (tertiary/aromatic N) is 1. The van der Waals surface area contributed by atoms with Crippen LogP contribution in [-0.4, -0.2) is 21.8 Å². The average molecular weight is 268 g/mol. The Morgan fingerprint density at radius 2 is 1.95 bits per heavy atom. The van der Waals surface area contributed by atoms with Crippen LogP contribution in [0.5, 0.6) is 0 Å². The van der Waals surface area contributed by atoms with E-state index in [0.29, 0.717) is 18.2 Å². The molecular formula is C16H16N2O2. The highest BCUT2D eigenvalue weighted by Crippen LogP contribution is 2.29. The fourth-order valence-corrected chi connectivity index (χ4v) is 2.28.